The lowest BCUT2D eigenvalue weighted by atomic mass is 10.1. The minimum atomic E-state index is -0.377. The Morgan fingerprint density at radius 3 is 2.79 bits per heavy atom. The lowest BCUT2D eigenvalue weighted by molar-refractivity contribution is 0.624. The molecule has 1 aromatic rings. The largest absolute Gasteiger partial charge is 0.398 e. The van der Waals surface area contributed by atoms with E-state index in [-0.39, 0.29) is 5.82 Å². The molecule has 0 fully saturated rings. The van der Waals surface area contributed by atoms with Crippen LogP contribution in [0.2, 0.25) is 0 Å². The van der Waals surface area contributed by atoms with Crippen molar-refractivity contribution >= 4 is 5.69 Å². The molecule has 0 atom stereocenters. The molecule has 0 aliphatic carbocycles. The number of anilines is 1. The third-order valence-corrected chi connectivity index (χ3v) is 1.85. The summed E-state index contributed by atoms with van der Waals surface area (Å²) in [6.07, 6.45) is 0.572. The van der Waals surface area contributed by atoms with E-state index in [9.17, 15) is 4.39 Å². The highest BCUT2D eigenvalue weighted by molar-refractivity contribution is 5.52. The molecule has 14 heavy (non-hydrogen) atoms. The maximum Gasteiger partial charge on any atom is 0.140 e. The van der Waals surface area contributed by atoms with Crippen LogP contribution in [-0.4, -0.2) is 6.54 Å². The number of hydrogen-bond donors (Lipinski definition) is 2. The van der Waals surface area contributed by atoms with Crippen molar-refractivity contribution in [1.29, 1.82) is 0 Å². The van der Waals surface area contributed by atoms with Crippen LogP contribution in [-0.2, 0) is 0 Å². The van der Waals surface area contributed by atoms with E-state index in [1.165, 1.54) is 6.07 Å². The number of rotatable bonds is 1. The van der Waals surface area contributed by atoms with Crippen LogP contribution >= 0.6 is 0 Å². The van der Waals surface area contributed by atoms with Gasteiger partial charge in [-0.05, 0) is 24.6 Å². The summed E-state index contributed by atoms with van der Waals surface area (Å²) in [4.78, 5) is 0. The Kier molecular flexibility index (Phi) is 3.49. The van der Waals surface area contributed by atoms with Crippen molar-refractivity contribution in [3.05, 3.63) is 29.1 Å². The second-order valence-electron chi connectivity index (χ2n) is 3.03. The molecular weight excluding hydrogens is 179 g/mol. The molecule has 1 aromatic carbocycles. The number of benzene rings is 1. The van der Waals surface area contributed by atoms with Gasteiger partial charge in [-0.25, -0.2) is 4.39 Å². The SMILES string of the molecule is Cc1cc(C#CCCN)c(F)cc1N. The number of halogens is 1. The third kappa shape index (κ3) is 2.48. The van der Waals surface area contributed by atoms with Gasteiger partial charge in [0.05, 0.1) is 5.56 Å². The monoisotopic (exact) mass is 192 g/mol. The molecule has 0 radical (unpaired) electrons. The van der Waals surface area contributed by atoms with Crippen LogP contribution in [0.4, 0.5) is 10.1 Å². The minimum Gasteiger partial charge on any atom is -0.398 e. The Bertz CT molecular complexity index is 388. The van der Waals surface area contributed by atoms with Crippen molar-refractivity contribution in [2.24, 2.45) is 5.73 Å². The first-order chi connectivity index (χ1) is 6.65. The Morgan fingerprint density at radius 2 is 2.14 bits per heavy atom. The molecular formula is C11H13FN2. The van der Waals surface area contributed by atoms with Crippen LogP contribution in [0.5, 0.6) is 0 Å². The van der Waals surface area contributed by atoms with Crippen molar-refractivity contribution in [2.75, 3.05) is 12.3 Å². The summed E-state index contributed by atoms with van der Waals surface area (Å²) >= 11 is 0. The summed E-state index contributed by atoms with van der Waals surface area (Å²) in [6, 6.07) is 2.94. The van der Waals surface area contributed by atoms with Crippen molar-refractivity contribution in [1.82, 2.24) is 0 Å². The van der Waals surface area contributed by atoms with Crippen LogP contribution in [0.25, 0.3) is 0 Å². The molecule has 0 saturated heterocycles. The summed E-state index contributed by atoms with van der Waals surface area (Å²) in [5.74, 6) is 5.13. The summed E-state index contributed by atoms with van der Waals surface area (Å²) < 4.78 is 13.2. The second kappa shape index (κ2) is 4.64. The highest BCUT2D eigenvalue weighted by Crippen LogP contribution is 2.16. The van der Waals surface area contributed by atoms with Crippen LogP contribution in [0.15, 0.2) is 12.1 Å². The second-order valence-corrected chi connectivity index (χ2v) is 3.03. The van der Waals surface area contributed by atoms with E-state index in [0.29, 0.717) is 24.2 Å². The van der Waals surface area contributed by atoms with E-state index in [1.54, 1.807) is 6.07 Å². The van der Waals surface area contributed by atoms with Gasteiger partial charge in [0.15, 0.2) is 0 Å². The van der Waals surface area contributed by atoms with Crippen molar-refractivity contribution in [2.45, 2.75) is 13.3 Å². The van der Waals surface area contributed by atoms with Crippen molar-refractivity contribution in [3.8, 4) is 11.8 Å². The van der Waals surface area contributed by atoms with Crippen LogP contribution in [0.3, 0.4) is 0 Å². The zero-order chi connectivity index (χ0) is 10.6. The first kappa shape index (κ1) is 10.6. The Labute approximate surface area is 83.1 Å². The smallest absolute Gasteiger partial charge is 0.140 e. The van der Waals surface area contributed by atoms with Gasteiger partial charge >= 0.3 is 0 Å². The predicted octanol–water partition coefficient (Wildman–Crippen LogP) is 1.42. The standard InChI is InChI=1S/C11H13FN2/c1-8-6-9(4-2-3-5-13)10(12)7-11(8)14/h6-7H,3,5,13-14H2,1H3. The molecule has 0 aliphatic heterocycles. The number of nitrogens with two attached hydrogens (primary N) is 2. The fourth-order valence-corrected chi connectivity index (χ4v) is 1.02. The minimum absolute atomic E-state index is 0.377. The molecule has 0 unspecified atom stereocenters. The van der Waals surface area contributed by atoms with Crippen LogP contribution in [0.1, 0.15) is 17.5 Å². The summed E-state index contributed by atoms with van der Waals surface area (Å²) in [5.41, 5.74) is 12.5. The highest BCUT2D eigenvalue weighted by Gasteiger charge is 2.02. The fourth-order valence-electron chi connectivity index (χ4n) is 1.02. The topological polar surface area (TPSA) is 52.0 Å². The maximum atomic E-state index is 13.2. The van der Waals surface area contributed by atoms with E-state index < -0.39 is 0 Å². The average Bonchev–Trinajstić information content (AvgIpc) is 2.14. The van der Waals surface area contributed by atoms with Crippen LogP contribution < -0.4 is 11.5 Å². The van der Waals surface area contributed by atoms with E-state index >= 15 is 0 Å². The molecule has 0 saturated carbocycles. The lowest BCUT2D eigenvalue weighted by Crippen LogP contribution is -1.96. The van der Waals surface area contributed by atoms with Gasteiger partial charge in [-0.3, -0.25) is 0 Å². The van der Waals surface area contributed by atoms with E-state index in [0.717, 1.165) is 5.56 Å². The van der Waals surface area contributed by atoms with E-state index in [1.807, 2.05) is 6.92 Å². The first-order valence-electron chi connectivity index (χ1n) is 4.39. The molecule has 74 valence electrons. The van der Waals surface area contributed by atoms with E-state index in [2.05, 4.69) is 11.8 Å². The zero-order valence-electron chi connectivity index (χ0n) is 8.10. The molecule has 0 heterocycles. The van der Waals surface area contributed by atoms with Gasteiger partial charge in [-0.1, -0.05) is 11.8 Å². The van der Waals surface area contributed by atoms with Gasteiger partial charge in [0.1, 0.15) is 5.82 Å². The average molecular weight is 192 g/mol. The third-order valence-electron chi connectivity index (χ3n) is 1.85. The molecule has 0 amide bonds. The molecule has 0 spiro atoms. The molecule has 3 heteroatoms. The fraction of sp³-hybridized carbons (Fsp3) is 0.273. The summed E-state index contributed by atoms with van der Waals surface area (Å²) in [5, 5.41) is 0. The molecule has 0 aromatic heterocycles. The molecule has 0 aliphatic rings. The summed E-state index contributed by atoms with van der Waals surface area (Å²) in [6.45, 7) is 2.31. The molecule has 1 rings (SSSR count). The van der Waals surface area contributed by atoms with Gasteiger partial charge in [0, 0.05) is 18.7 Å². The van der Waals surface area contributed by atoms with Crippen molar-refractivity contribution in [3.63, 3.8) is 0 Å². The number of aryl methyl sites for hydroxylation is 1. The maximum absolute atomic E-state index is 13.2. The molecule has 2 nitrogen and oxygen atoms in total. The normalized spacial score (nSPS) is 9.36. The van der Waals surface area contributed by atoms with Crippen molar-refractivity contribution < 1.29 is 4.39 Å². The summed E-state index contributed by atoms with van der Waals surface area (Å²) in [7, 11) is 0. The van der Waals surface area contributed by atoms with E-state index in [4.69, 9.17) is 11.5 Å². The molecule has 4 N–H and O–H groups in total. The van der Waals surface area contributed by atoms with Gasteiger partial charge in [0.25, 0.3) is 0 Å². The number of hydrogen-bond acceptors (Lipinski definition) is 2. The van der Waals surface area contributed by atoms with Gasteiger partial charge in [-0.2, -0.15) is 0 Å². The quantitative estimate of drug-likeness (QED) is 0.522. The van der Waals surface area contributed by atoms with Gasteiger partial charge in [-0.15, -0.1) is 0 Å². The predicted molar refractivity (Wildman–Crippen MR) is 56.1 cm³/mol. The highest BCUT2D eigenvalue weighted by atomic mass is 19.1. The number of nitrogen functional groups attached to an aromatic ring is 1. The zero-order valence-corrected chi connectivity index (χ0v) is 8.10. The Hall–Kier alpha value is -1.53. The van der Waals surface area contributed by atoms with Crippen LogP contribution in [0, 0.1) is 24.6 Å². The van der Waals surface area contributed by atoms with Gasteiger partial charge in [0.2, 0.25) is 0 Å². The first-order valence-corrected chi connectivity index (χ1v) is 4.39. The lowest BCUT2D eigenvalue weighted by Gasteiger charge is -2.01. The molecule has 0 bridgehead atoms. The van der Waals surface area contributed by atoms with Gasteiger partial charge < -0.3 is 11.5 Å². The Morgan fingerprint density at radius 1 is 1.43 bits per heavy atom. The Balaban J connectivity index is 3.00.